The molecule has 0 radical (unpaired) electrons. The van der Waals surface area contributed by atoms with Gasteiger partial charge in [-0.05, 0) is 24.8 Å². The summed E-state index contributed by atoms with van der Waals surface area (Å²) in [6.45, 7) is 10.1. The molecule has 0 aromatic carbocycles. The summed E-state index contributed by atoms with van der Waals surface area (Å²) < 4.78 is 0. The average molecular weight is 249 g/mol. The fourth-order valence-electron chi connectivity index (χ4n) is 2.31. The van der Waals surface area contributed by atoms with Crippen LogP contribution in [-0.4, -0.2) is 24.6 Å². The van der Waals surface area contributed by atoms with Gasteiger partial charge in [0.1, 0.15) is 0 Å². The standard InChI is InChI=1S/C15H27N3/c1-6-14(7-2)18(11-12(3)4)15-8-13(16-5)9-17-10-15/h8-10,12,14,16H,6-7,11H2,1-5H3. The number of anilines is 2. The molecular formula is C15H27N3. The molecule has 0 aliphatic heterocycles. The van der Waals surface area contributed by atoms with Crippen LogP contribution < -0.4 is 10.2 Å². The van der Waals surface area contributed by atoms with E-state index in [2.05, 4.69) is 49.0 Å². The van der Waals surface area contributed by atoms with Gasteiger partial charge >= 0.3 is 0 Å². The van der Waals surface area contributed by atoms with Crippen LogP contribution in [0.1, 0.15) is 40.5 Å². The highest BCUT2D eigenvalue weighted by molar-refractivity contribution is 5.55. The molecule has 0 atom stereocenters. The van der Waals surface area contributed by atoms with Crippen molar-refractivity contribution in [3.63, 3.8) is 0 Å². The van der Waals surface area contributed by atoms with Crippen LogP contribution in [-0.2, 0) is 0 Å². The van der Waals surface area contributed by atoms with Crippen LogP contribution in [0.4, 0.5) is 11.4 Å². The van der Waals surface area contributed by atoms with E-state index in [1.54, 1.807) is 0 Å². The summed E-state index contributed by atoms with van der Waals surface area (Å²) in [4.78, 5) is 6.83. The fraction of sp³-hybridized carbons (Fsp3) is 0.667. The van der Waals surface area contributed by atoms with Gasteiger partial charge in [0.15, 0.2) is 0 Å². The molecule has 1 heterocycles. The number of nitrogens with one attached hydrogen (secondary N) is 1. The van der Waals surface area contributed by atoms with Gasteiger partial charge < -0.3 is 10.2 Å². The molecule has 0 unspecified atom stereocenters. The number of pyridine rings is 1. The summed E-state index contributed by atoms with van der Waals surface area (Å²) in [6.07, 6.45) is 6.19. The van der Waals surface area contributed by atoms with Gasteiger partial charge in [0, 0.05) is 19.6 Å². The van der Waals surface area contributed by atoms with Gasteiger partial charge in [-0.25, -0.2) is 0 Å². The minimum Gasteiger partial charge on any atom is -0.387 e. The average Bonchev–Trinajstić information content (AvgIpc) is 2.38. The highest BCUT2D eigenvalue weighted by atomic mass is 15.2. The minimum absolute atomic E-state index is 0.598. The van der Waals surface area contributed by atoms with Crippen molar-refractivity contribution in [1.82, 2.24) is 4.98 Å². The van der Waals surface area contributed by atoms with E-state index >= 15 is 0 Å². The van der Waals surface area contributed by atoms with Crippen molar-refractivity contribution < 1.29 is 0 Å². The monoisotopic (exact) mass is 249 g/mol. The summed E-state index contributed by atoms with van der Waals surface area (Å²) >= 11 is 0. The number of hydrogen-bond donors (Lipinski definition) is 1. The van der Waals surface area contributed by atoms with Crippen molar-refractivity contribution >= 4 is 11.4 Å². The first kappa shape index (κ1) is 14.8. The van der Waals surface area contributed by atoms with E-state index in [1.165, 1.54) is 18.5 Å². The molecule has 0 aliphatic rings. The molecule has 0 saturated carbocycles. The summed E-state index contributed by atoms with van der Waals surface area (Å²) in [6, 6.07) is 2.79. The van der Waals surface area contributed by atoms with Crippen molar-refractivity contribution in [2.75, 3.05) is 23.8 Å². The van der Waals surface area contributed by atoms with Gasteiger partial charge in [-0.1, -0.05) is 27.7 Å². The summed E-state index contributed by atoms with van der Waals surface area (Å²) in [5.41, 5.74) is 2.30. The van der Waals surface area contributed by atoms with Crippen molar-refractivity contribution in [2.45, 2.75) is 46.6 Å². The van der Waals surface area contributed by atoms with Crippen molar-refractivity contribution in [2.24, 2.45) is 5.92 Å². The topological polar surface area (TPSA) is 28.2 Å². The summed E-state index contributed by atoms with van der Waals surface area (Å²) in [7, 11) is 1.94. The second-order valence-electron chi connectivity index (χ2n) is 5.20. The molecule has 1 aromatic heterocycles. The molecule has 3 nitrogen and oxygen atoms in total. The Morgan fingerprint density at radius 3 is 2.39 bits per heavy atom. The van der Waals surface area contributed by atoms with E-state index < -0.39 is 0 Å². The highest BCUT2D eigenvalue weighted by Crippen LogP contribution is 2.23. The molecule has 1 aromatic rings. The van der Waals surface area contributed by atoms with Gasteiger partial charge in [-0.3, -0.25) is 4.98 Å². The normalized spacial score (nSPS) is 11.1. The van der Waals surface area contributed by atoms with E-state index in [1.807, 2.05) is 19.4 Å². The molecule has 0 aliphatic carbocycles. The Balaban J connectivity index is 2.99. The van der Waals surface area contributed by atoms with Crippen LogP contribution in [0.3, 0.4) is 0 Å². The lowest BCUT2D eigenvalue weighted by atomic mass is 10.1. The van der Waals surface area contributed by atoms with E-state index in [9.17, 15) is 0 Å². The van der Waals surface area contributed by atoms with Gasteiger partial charge in [-0.2, -0.15) is 0 Å². The molecule has 0 amide bonds. The third kappa shape index (κ3) is 3.90. The van der Waals surface area contributed by atoms with Crippen molar-refractivity contribution in [3.05, 3.63) is 18.5 Å². The van der Waals surface area contributed by atoms with E-state index in [0.717, 1.165) is 12.2 Å². The first-order valence-corrected chi connectivity index (χ1v) is 7.01. The number of aromatic nitrogens is 1. The first-order valence-electron chi connectivity index (χ1n) is 7.01. The molecular weight excluding hydrogens is 222 g/mol. The Kier molecular flexibility index (Phi) is 5.96. The third-order valence-electron chi connectivity index (χ3n) is 3.29. The van der Waals surface area contributed by atoms with Crippen LogP contribution in [0.2, 0.25) is 0 Å². The van der Waals surface area contributed by atoms with Gasteiger partial charge in [0.2, 0.25) is 0 Å². The Bertz CT molecular complexity index is 345. The lowest BCUT2D eigenvalue weighted by Gasteiger charge is -2.34. The van der Waals surface area contributed by atoms with Crippen molar-refractivity contribution in [1.29, 1.82) is 0 Å². The van der Waals surface area contributed by atoms with Gasteiger partial charge in [-0.15, -0.1) is 0 Å². The predicted octanol–water partition coefficient (Wildman–Crippen LogP) is 3.77. The van der Waals surface area contributed by atoms with Crippen LogP contribution in [0.5, 0.6) is 0 Å². The molecule has 102 valence electrons. The highest BCUT2D eigenvalue weighted by Gasteiger charge is 2.17. The second-order valence-corrected chi connectivity index (χ2v) is 5.20. The first-order chi connectivity index (χ1) is 8.62. The lowest BCUT2D eigenvalue weighted by molar-refractivity contribution is 0.507. The Morgan fingerprint density at radius 1 is 1.22 bits per heavy atom. The maximum atomic E-state index is 4.33. The van der Waals surface area contributed by atoms with Gasteiger partial charge in [0.05, 0.1) is 23.8 Å². The molecule has 3 heteroatoms. The molecule has 18 heavy (non-hydrogen) atoms. The molecule has 0 spiro atoms. The Hall–Kier alpha value is -1.25. The number of hydrogen-bond acceptors (Lipinski definition) is 3. The maximum Gasteiger partial charge on any atom is 0.0576 e. The maximum absolute atomic E-state index is 4.33. The molecule has 0 fully saturated rings. The second kappa shape index (κ2) is 7.24. The largest absolute Gasteiger partial charge is 0.387 e. The molecule has 0 bridgehead atoms. The molecule has 1 N–H and O–H groups in total. The SMILES string of the molecule is CCC(CC)N(CC(C)C)c1cncc(NC)c1. The molecule has 0 saturated heterocycles. The summed E-state index contributed by atoms with van der Waals surface area (Å²) in [5.74, 6) is 0.656. The number of rotatable bonds is 7. The Morgan fingerprint density at radius 2 is 1.89 bits per heavy atom. The van der Waals surface area contributed by atoms with Crippen LogP contribution in [0.15, 0.2) is 18.5 Å². The van der Waals surface area contributed by atoms with Crippen LogP contribution in [0.25, 0.3) is 0 Å². The smallest absolute Gasteiger partial charge is 0.0576 e. The predicted molar refractivity (Wildman–Crippen MR) is 80.3 cm³/mol. The zero-order chi connectivity index (χ0) is 13.5. The minimum atomic E-state index is 0.598. The van der Waals surface area contributed by atoms with E-state index in [-0.39, 0.29) is 0 Å². The van der Waals surface area contributed by atoms with Gasteiger partial charge in [0.25, 0.3) is 0 Å². The Labute approximate surface area is 112 Å². The third-order valence-corrected chi connectivity index (χ3v) is 3.29. The van der Waals surface area contributed by atoms with E-state index in [4.69, 9.17) is 0 Å². The zero-order valence-electron chi connectivity index (χ0n) is 12.4. The van der Waals surface area contributed by atoms with E-state index in [0.29, 0.717) is 12.0 Å². The lowest BCUT2D eigenvalue weighted by Crippen LogP contribution is -2.37. The van der Waals surface area contributed by atoms with Crippen LogP contribution in [0, 0.1) is 5.92 Å². The summed E-state index contributed by atoms with van der Waals surface area (Å²) in [5, 5.41) is 3.16. The fourth-order valence-corrected chi connectivity index (χ4v) is 2.31. The zero-order valence-corrected chi connectivity index (χ0v) is 12.4. The molecule has 1 rings (SSSR count). The quantitative estimate of drug-likeness (QED) is 0.797. The number of nitrogens with zero attached hydrogens (tertiary/aromatic N) is 2. The van der Waals surface area contributed by atoms with Crippen molar-refractivity contribution in [3.8, 4) is 0 Å². The van der Waals surface area contributed by atoms with Crippen LogP contribution >= 0.6 is 0 Å².